The molecular formula is C17H14FNO4S. The number of nitrogens with zero attached hydrogens (tertiary/aromatic N) is 1. The van der Waals surface area contributed by atoms with Crippen LogP contribution in [0.15, 0.2) is 24.3 Å². The van der Waals surface area contributed by atoms with Crippen LogP contribution in [0.4, 0.5) is 10.1 Å². The van der Waals surface area contributed by atoms with Crippen LogP contribution < -0.4 is 4.74 Å². The number of carboxylic acid groups (broad SMARTS) is 1. The summed E-state index contributed by atoms with van der Waals surface area (Å²) in [6.07, 6.45) is 1.57. The summed E-state index contributed by atoms with van der Waals surface area (Å²) in [5, 5.41) is 8.94. The van der Waals surface area contributed by atoms with E-state index in [-0.39, 0.29) is 11.0 Å². The number of thiophene rings is 1. The average Bonchev–Trinajstić information content (AvgIpc) is 2.98. The number of rotatable bonds is 4. The Hall–Kier alpha value is -2.43. The highest BCUT2D eigenvalue weighted by Crippen LogP contribution is 2.37. The third-order valence-corrected chi connectivity index (χ3v) is 4.85. The fourth-order valence-corrected chi connectivity index (χ4v) is 3.36. The quantitative estimate of drug-likeness (QED) is 0.835. The molecule has 0 atom stereocenters. The van der Waals surface area contributed by atoms with E-state index >= 15 is 0 Å². The number of aromatic carboxylic acids is 1. The minimum Gasteiger partial charge on any atom is -0.501 e. The van der Waals surface area contributed by atoms with Crippen LogP contribution in [-0.4, -0.2) is 30.4 Å². The molecule has 1 N–H and O–H groups in total. The van der Waals surface area contributed by atoms with Crippen molar-refractivity contribution in [3.05, 3.63) is 46.4 Å². The van der Waals surface area contributed by atoms with Gasteiger partial charge in [-0.25, -0.2) is 14.0 Å². The number of carboxylic acids is 1. The van der Waals surface area contributed by atoms with Crippen molar-refractivity contribution in [1.29, 1.82) is 0 Å². The van der Waals surface area contributed by atoms with Gasteiger partial charge in [0, 0.05) is 17.7 Å². The van der Waals surface area contributed by atoms with Crippen LogP contribution in [0, 0.1) is 12.4 Å². The Labute approximate surface area is 142 Å². The second-order valence-electron chi connectivity index (χ2n) is 5.32. The van der Waals surface area contributed by atoms with Crippen molar-refractivity contribution < 1.29 is 23.8 Å². The van der Waals surface area contributed by atoms with E-state index in [1.807, 2.05) is 0 Å². The fraction of sp³-hybridized carbons (Fsp3) is 0.294. The predicted octanol–water partition coefficient (Wildman–Crippen LogP) is 4.36. The Balaban J connectivity index is 1.87. The lowest BCUT2D eigenvalue weighted by atomic mass is 10.1. The van der Waals surface area contributed by atoms with Crippen LogP contribution in [0.2, 0.25) is 0 Å². The first kappa shape index (κ1) is 16.4. The van der Waals surface area contributed by atoms with Gasteiger partial charge in [0.25, 0.3) is 0 Å². The first-order valence-corrected chi connectivity index (χ1v) is 8.19. The summed E-state index contributed by atoms with van der Waals surface area (Å²) in [5.74, 6) is -1.58. The first-order valence-electron chi connectivity index (χ1n) is 7.37. The summed E-state index contributed by atoms with van der Waals surface area (Å²) < 4.78 is 24.8. The molecule has 0 radical (unpaired) electrons. The maximum Gasteiger partial charge on any atom is 0.348 e. The van der Waals surface area contributed by atoms with Gasteiger partial charge in [0.1, 0.15) is 22.5 Å². The molecule has 3 rings (SSSR count). The zero-order valence-electron chi connectivity index (χ0n) is 12.6. The molecule has 1 saturated heterocycles. The monoisotopic (exact) mass is 347 g/mol. The predicted molar refractivity (Wildman–Crippen MR) is 87.4 cm³/mol. The van der Waals surface area contributed by atoms with Gasteiger partial charge in [0.05, 0.1) is 19.8 Å². The average molecular weight is 347 g/mol. The Morgan fingerprint density at radius 2 is 2.12 bits per heavy atom. The van der Waals surface area contributed by atoms with E-state index in [2.05, 4.69) is 4.85 Å². The lowest BCUT2D eigenvalue weighted by molar-refractivity contribution is 0.0259. The van der Waals surface area contributed by atoms with Gasteiger partial charge < -0.3 is 14.6 Å². The summed E-state index contributed by atoms with van der Waals surface area (Å²) in [6, 6.07) is 6.16. The largest absolute Gasteiger partial charge is 0.501 e. The van der Waals surface area contributed by atoms with Crippen molar-refractivity contribution in [2.75, 3.05) is 13.2 Å². The Morgan fingerprint density at radius 1 is 1.38 bits per heavy atom. The second kappa shape index (κ2) is 6.99. The lowest BCUT2D eigenvalue weighted by Crippen LogP contribution is -2.25. The molecular weight excluding hydrogens is 333 g/mol. The highest BCUT2D eigenvalue weighted by molar-refractivity contribution is 7.17. The van der Waals surface area contributed by atoms with Gasteiger partial charge in [0.2, 0.25) is 5.69 Å². The maximum absolute atomic E-state index is 13.6. The van der Waals surface area contributed by atoms with E-state index in [0.29, 0.717) is 35.1 Å². The summed E-state index contributed by atoms with van der Waals surface area (Å²) >= 11 is 0.847. The molecule has 124 valence electrons. The Kier molecular flexibility index (Phi) is 4.79. The van der Waals surface area contributed by atoms with Crippen LogP contribution in [0.1, 0.15) is 22.5 Å². The number of carbonyl (C=O) groups is 1. The summed E-state index contributed by atoms with van der Waals surface area (Å²) in [7, 11) is 0. The normalized spacial score (nSPS) is 15.0. The molecule has 2 heterocycles. The molecule has 1 aromatic carbocycles. The van der Waals surface area contributed by atoms with Crippen molar-refractivity contribution in [2.24, 2.45) is 0 Å². The fourth-order valence-electron chi connectivity index (χ4n) is 2.49. The van der Waals surface area contributed by atoms with Gasteiger partial charge in [0.15, 0.2) is 0 Å². The minimum absolute atomic E-state index is 0.0166. The van der Waals surface area contributed by atoms with Crippen molar-refractivity contribution in [3.63, 3.8) is 0 Å². The molecule has 2 aromatic rings. The van der Waals surface area contributed by atoms with Crippen LogP contribution in [0.5, 0.6) is 5.75 Å². The second-order valence-corrected chi connectivity index (χ2v) is 6.37. The number of hydrogen-bond donors (Lipinski definition) is 1. The molecule has 24 heavy (non-hydrogen) atoms. The molecule has 7 heteroatoms. The van der Waals surface area contributed by atoms with E-state index in [4.69, 9.17) is 21.2 Å². The van der Waals surface area contributed by atoms with Gasteiger partial charge in [-0.1, -0.05) is 6.07 Å². The molecule has 0 aliphatic carbocycles. The zero-order valence-corrected chi connectivity index (χ0v) is 13.4. The number of hydrogen-bond acceptors (Lipinski definition) is 4. The molecule has 0 spiro atoms. The van der Waals surface area contributed by atoms with E-state index in [1.165, 1.54) is 6.07 Å². The van der Waals surface area contributed by atoms with Crippen molar-refractivity contribution in [1.82, 2.24) is 0 Å². The van der Waals surface area contributed by atoms with Crippen LogP contribution >= 0.6 is 11.3 Å². The van der Waals surface area contributed by atoms with Crippen molar-refractivity contribution in [2.45, 2.75) is 18.9 Å². The molecule has 1 aliphatic rings. The van der Waals surface area contributed by atoms with E-state index in [1.54, 1.807) is 18.2 Å². The summed E-state index contributed by atoms with van der Waals surface area (Å²) in [6.45, 7) is 8.62. The SMILES string of the molecule is [C-]#[N+]c1cc(-c2cc(F)c(C(=O)O)s2)ccc1OC1CCOCC1. The topological polar surface area (TPSA) is 60.1 Å². The van der Waals surface area contributed by atoms with Crippen LogP contribution in [0.3, 0.4) is 0 Å². The summed E-state index contributed by atoms with van der Waals surface area (Å²) in [4.78, 5) is 14.6. The third-order valence-electron chi connectivity index (χ3n) is 3.71. The molecule has 1 aromatic heterocycles. The lowest BCUT2D eigenvalue weighted by Gasteiger charge is -2.24. The van der Waals surface area contributed by atoms with E-state index in [9.17, 15) is 9.18 Å². The molecule has 0 amide bonds. The first-order chi connectivity index (χ1) is 11.6. The molecule has 1 fully saturated rings. The number of ether oxygens (including phenoxy) is 2. The zero-order chi connectivity index (χ0) is 17.1. The molecule has 5 nitrogen and oxygen atoms in total. The van der Waals surface area contributed by atoms with E-state index < -0.39 is 11.8 Å². The van der Waals surface area contributed by atoms with Crippen molar-refractivity contribution in [3.8, 4) is 16.2 Å². The molecule has 0 bridgehead atoms. The standard InChI is InChI=1S/C17H14FNO4S/c1-19-13-8-10(15-9-12(18)16(24-15)17(20)21)2-3-14(13)23-11-4-6-22-7-5-11/h2-3,8-9,11H,4-7H2,(H,20,21). The molecule has 0 unspecified atom stereocenters. The van der Waals surface area contributed by atoms with E-state index in [0.717, 1.165) is 24.2 Å². The summed E-state index contributed by atoms with van der Waals surface area (Å²) in [5.41, 5.74) is 0.918. The van der Waals surface area contributed by atoms with Gasteiger partial charge >= 0.3 is 5.97 Å². The molecule has 0 saturated carbocycles. The Morgan fingerprint density at radius 3 is 2.75 bits per heavy atom. The number of benzene rings is 1. The highest BCUT2D eigenvalue weighted by Gasteiger charge is 2.19. The van der Waals surface area contributed by atoms with Gasteiger partial charge in [-0.3, -0.25) is 0 Å². The van der Waals surface area contributed by atoms with Gasteiger partial charge in [-0.15, -0.1) is 11.3 Å². The van der Waals surface area contributed by atoms with Gasteiger partial charge in [-0.05, 0) is 23.8 Å². The molecule has 1 aliphatic heterocycles. The van der Waals surface area contributed by atoms with Crippen LogP contribution in [0.25, 0.3) is 15.3 Å². The number of halogens is 1. The third kappa shape index (κ3) is 3.40. The van der Waals surface area contributed by atoms with Gasteiger partial charge in [-0.2, -0.15) is 0 Å². The Bertz CT molecular complexity index is 805. The smallest absolute Gasteiger partial charge is 0.348 e. The van der Waals surface area contributed by atoms with Crippen LogP contribution in [-0.2, 0) is 4.74 Å². The highest BCUT2D eigenvalue weighted by atomic mass is 32.1. The minimum atomic E-state index is -1.30. The van der Waals surface area contributed by atoms with Crippen molar-refractivity contribution >= 4 is 23.0 Å². The maximum atomic E-state index is 13.6.